The quantitative estimate of drug-likeness (QED) is 0.159. The van der Waals surface area contributed by atoms with Crippen LogP contribution in [0.25, 0.3) is 0 Å². The highest BCUT2D eigenvalue weighted by Crippen LogP contribution is 2.29. The van der Waals surface area contributed by atoms with Crippen LogP contribution < -0.4 is 9.62 Å². The standard InChI is InChI=1S/C38H42BrN3O4S/c1-3-31-13-7-10-16-35(31)42(47(45,46)34-23-17-28(2)18-24-34)27-37(43)41(26-30-19-21-32(39)22-20-30)36(25-29-11-5-4-6-12-29)38(44)40-33-14-8-9-15-33/h4-7,10-13,16-24,33,36H,3,8-9,14-15,25-27H2,1-2H3,(H,40,44)/t36-/m1/s1. The van der Waals surface area contributed by atoms with Crippen LogP contribution in [0, 0.1) is 6.92 Å². The highest BCUT2D eigenvalue weighted by atomic mass is 79.9. The number of amides is 2. The lowest BCUT2D eigenvalue weighted by molar-refractivity contribution is -0.140. The van der Waals surface area contributed by atoms with E-state index in [2.05, 4.69) is 21.2 Å². The minimum Gasteiger partial charge on any atom is -0.352 e. The number of sulfonamides is 1. The molecule has 0 bridgehead atoms. The van der Waals surface area contributed by atoms with Gasteiger partial charge in [-0.3, -0.25) is 13.9 Å². The summed E-state index contributed by atoms with van der Waals surface area (Å²) < 4.78 is 30.8. The maximum atomic E-state index is 14.7. The van der Waals surface area contributed by atoms with Crippen molar-refractivity contribution in [2.75, 3.05) is 10.8 Å². The zero-order valence-corrected chi connectivity index (χ0v) is 29.3. The van der Waals surface area contributed by atoms with Gasteiger partial charge in [0.25, 0.3) is 10.0 Å². The van der Waals surface area contributed by atoms with Gasteiger partial charge >= 0.3 is 0 Å². The summed E-state index contributed by atoms with van der Waals surface area (Å²) >= 11 is 3.49. The first kappa shape index (κ1) is 34.4. The van der Waals surface area contributed by atoms with Crippen molar-refractivity contribution in [3.05, 3.63) is 130 Å². The summed E-state index contributed by atoms with van der Waals surface area (Å²) in [7, 11) is -4.15. The smallest absolute Gasteiger partial charge is 0.264 e. The van der Waals surface area contributed by atoms with E-state index in [0.29, 0.717) is 12.1 Å². The Morgan fingerprint density at radius 1 is 0.851 bits per heavy atom. The number of nitrogens with one attached hydrogen (secondary N) is 1. The predicted molar refractivity (Wildman–Crippen MR) is 191 cm³/mol. The third-order valence-corrected chi connectivity index (χ3v) is 11.1. The summed E-state index contributed by atoms with van der Waals surface area (Å²) in [6.07, 6.45) is 4.78. The van der Waals surface area contributed by atoms with Gasteiger partial charge in [-0.1, -0.05) is 114 Å². The molecule has 1 aliphatic rings. The van der Waals surface area contributed by atoms with Crippen LogP contribution in [0.1, 0.15) is 54.9 Å². The second kappa shape index (κ2) is 15.8. The predicted octanol–water partition coefficient (Wildman–Crippen LogP) is 7.21. The van der Waals surface area contributed by atoms with E-state index >= 15 is 0 Å². The number of halogens is 1. The van der Waals surface area contributed by atoms with Gasteiger partial charge in [-0.15, -0.1) is 0 Å². The van der Waals surface area contributed by atoms with Crippen molar-refractivity contribution in [3.63, 3.8) is 0 Å². The van der Waals surface area contributed by atoms with Crippen molar-refractivity contribution in [3.8, 4) is 0 Å². The molecule has 0 spiro atoms. The van der Waals surface area contributed by atoms with Crippen molar-refractivity contribution in [2.24, 2.45) is 0 Å². The number of anilines is 1. The Balaban J connectivity index is 1.58. The Hall–Kier alpha value is -3.95. The molecule has 1 N–H and O–H groups in total. The number of aryl methyl sites for hydroxylation is 2. The Labute approximate surface area is 287 Å². The van der Waals surface area contributed by atoms with Crippen LogP contribution in [0.15, 0.2) is 112 Å². The number of rotatable bonds is 13. The number of carbonyl (C=O) groups excluding carboxylic acids is 2. The second-order valence-electron chi connectivity index (χ2n) is 12.2. The lowest BCUT2D eigenvalue weighted by Crippen LogP contribution is -2.54. The van der Waals surface area contributed by atoms with Gasteiger partial charge < -0.3 is 10.2 Å². The molecular formula is C38H42BrN3O4S. The molecule has 0 aliphatic heterocycles. The zero-order chi connectivity index (χ0) is 33.4. The fourth-order valence-corrected chi connectivity index (χ4v) is 7.83. The van der Waals surface area contributed by atoms with Crippen LogP contribution in [0.4, 0.5) is 5.69 Å². The highest BCUT2D eigenvalue weighted by Gasteiger charge is 2.36. The van der Waals surface area contributed by atoms with E-state index in [1.807, 2.05) is 80.6 Å². The molecule has 1 aliphatic carbocycles. The molecular weight excluding hydrogens is 674 g/mol. The SMILES string of the molecule is CCc1ccccc1N(CC(=O)N(Cc1ccc(Br)cc1)[C@H](Cc1ccccc1)C(=O)NC1CCCC1)S(=O)(=O)c1ccc(C)cc1. The molecule has 7 nitrogen and oxygen atoms in total. The van der Waals surface area contributed by atoms with Crippen molar-refractivity contribution >= 4 is 43.5 Å². The van der Waals surface area contributed by atoms with Gasteiger partial charge in [0, 0.05) is 23.5 Å². The Kier molecular flexibility index (Phi) is 11.5. The summed E-state index contributed by atoms with van der Waals surface area (Å²) in [5.74, 6) is -0.690. The average molecular weight is 717 g/mol. The molecule has 0 radical (unpaired) electrons. The number of hydrogen-bond acceptors (Lipinski definition) is 4. The molecule has 9 heteroatoms. The molecule has 246 valence electrons. The fraction of sp³-hybridized carbons (Fsp3) is 0.316. The molecule has 0 saturated heterocycles. The number of carbonyl (C=O) groups is 2. The van der Waals surface area contributed by atoms with Crippen LogP contribution in [0.2, 0.25) is 0 Å². The normalized spacial score (nSPS) is 14.0. The van der Waals surface area contributed by atoms with Gasteiger partial charge in [-0.2, -0.15) is 0 Å². The topological polar surface area (TPSA) is 86.8 Å². The molecule has 5 rings (SSSR count). The number of hydrogen-bond donors (Lipinski definition) is 1. The number of para-hydroxylation sites is 1. The lowest BCUT2D eigenvalue weighted by atomic mass is 10.0. The Morgan fingerprint density at radius 2 is 1.49 bits per heavy atom. The van der Waals surface area contributed by atoms with Gasteiger partial charge in [0.15, 0.2) is 0 Å². The lowest BCUT2D eigenvalue weighted by Gasteiger charge is -2.34. The third kappa shape index (κ3) is 8.70. The molecule has 1 atom stereocenters. The highest BCUT2D eigenvalue weighted by molar-refractivity contribution is 9.10. The van der Waals surface area contributed by atoms with Crippen molar-refractivity contribution in [2.45, 2.75) is 75.9 Å². The molecule has 2 amide bonds. The average Bonchev–Trinajstić information content (AvgIpc) is 3.59. The van der Waals surface area contributed by atoms with E-state index in [1.165, 1.54) is 4.31 Å². The van der Waals surface area contributed by atoms with Gasteiger partial charge in [0.2, 0.25) is 11.8 Å². The van der Waals surface area contributed by atoms with Crippen LogP contribution >= 0.6 is 15.9 Å². The summed E-state index contributed by atoms with van der Waals surface area (Å²) in [4.78, 5) is 30.6. The summed E-state index contributed by atoms with van der Waals surface area (Å²) in [6, 6.07) is 30.4. The molecule has 0 aromatic heterocycles. The van der Waals surface area contributed by atoms with Crippen LogP contribution in [-0.2, 0) is 39.0 Å². The van der Waals surface area contributed by atoms with Gasteiger partial charge in [0.05, 0.1) is 10.6 Å². The summed E-state index contributed by atoms with van der Waals surface area (Å²) in [5, 5.41) is 3.22. The first-order valence-electron chi connectivity index (χ1n) is 16.2. The summed E-state index contributed by atoms with van der Waals surface area (Å²) in [6.45, 7) is 3.52. The Morgan fingerprint density at radius 3 is 2.15 bits per heavy atom. The van der Waals surface area contributed by atoms with Crippen LogP contribution in [0.5, 0.6) is 0 Å². The minimum absolute atomic E-state index is 0.0558. The van der Waals surface area contributed by atoms with Crippen molar-refractivity contribution in [1.29, 1.82) is 0 Å². The van der Waals surface area contributed by atoms with Crippen molar-refractivity contribution < 1.29 is 18.0 Å². The number of nitrogens with zero attached hydrogens (tertiary/aromatic N) is 2. The first-order chi connectivity index (χ1) is 22.7. The van der Waals surface area contributed by atoms with Crippen LogP contribution in [-0.4, -0.2) is 43.8 Å². The maximum absolute atomic E-state index is 14.7. The van der Waals surface area contributed by atoms with E-state index in [1.54, 1.807) is 41.3 Å². The Bertz CT molecular complexity index is 1760. The third-order valence-electron chi connectivity index (χ3n) is 8.77. The van der Waals surface area contributed by atoms with Gasteiger partial charge in [0.1, 0.15) is 12.6 Å². The first-order valence-corrected chi connectivity index (χ1v) is 18.4. The molecule has 0 unspecified atom stereocenters. The maximum Gasteiger partial charge on any atom is 0.264 e. The molecule has 4 aromatic carbocycles. The molecule has 47 heavy (non-hydrogen) atoms. The van der Waals surface area contributed by atoms with Gasteiger partial charge in [-0.25, -0.2) is 8.42 Å². The second-order valence-corrected chi connectivity index (χ2v) is 14.9. The molecule has 1 fully saturated rings. The van der Waals surface area contributed by atoms with E-state index in [0.717, 1.165) is 52.4 Å². The van der Waals surface area contributed by atoms with Gasteiger partial charge in [-0.05, 0) is 73.2 Å². The largest absolute Gasteiger partial charge is 0.352 e. The van der Waals surface area contributed by atoms with E-state index in [4.69, 9.17) is 0 Å². The fourth-order valence-electron chi connectivity index (χ4n) is 6.11. The number of benzene rings is 4. The minimum atomic E-state index is -4.15. The van der Waals surface area contributed by atoms with E-state index in [9.17, 15) is 18.0 Å². The van der Waals surface area contributed by atoms with Crippen molar-refractivity contribution in [1.82, 2.24) is 10.2 Å². The molecule has 1 saturated carbocycles. The zero-order valence-electron chi connectivity index (χ0n) is 26.9. The summed E-state index contributed by atoms with van der Waals surface area (Å²) in [5.41, 5.74) is 3.92. The molecule has 0 heterocycles. The monoisotopic (exact) mass is 715 g/mol. The van der Waals surface area contributed by atoms with E-state index < -0.39 is 28.5 Å². The van der Waals surface area contributed by atoms with E-state index in [-0.39, 0.29) is 29.8 Å². The molecule has 4 aromatic rings. The van der Waals surface area contributed by atoms with Crippen LogP contribution in [0.3, 0.4) is 0 Å².